The maximum atomic E-state index is 10.9. The van der Waals surface area contributed by atoms with E-state index >= 15 is 0 Å². The number of thiophene rings is 1. The number of carbonyl (C=O) groups is 1. The van der Waals surface area contributed by atoms with Crippen LogP contribution < -0.4 is 9.47 Å². The first-order valence-electron chi connectivity index (χ1n) is 5.49. The summed E-state index contributed by atoms with van der Waals surface area (Å²) < 4.78 is 10.8. The monoisotopic (exact) mass is 298 g/mol. The van der Waals surface area contributed by atoms with E-state index in [-0.39, 0.29) is 11.5 Å². The molecule has 0 saturated heterocycles. The highest BCUT2D eigenvalue weighted by Gasteiger charge is 2.12. The van der Waals surface area contributed by atoms with E-state index in [9.17, 15) is 4.79 Å². The molecule has 1 N–H and O–H groups in total. The summed E-state index contributed by atoms with van der Waals surface area (Å²) in [6, 6.07) is 8.68. The largest absolute Gasteiger partial charge is 0.490 e. The average Bonchev–Trinajstić information content (AvgIpc) is 2.83. The smallest absolute Gasteiger partial charge is 0.349 e. The van der Waals surface area contributed by atoms with E-state index in [1.165, 1.54) is 0 Å². The van der Waals surface area contributed by atoms with Crippen LogP contribution in [0.25, 0.3) is 0 Å². The van der Waals surface area contributed by atoms with Crippen molar-refractivity contribution in [1.29, 1.82) is 0 Å². The van der Waals surface area contributed by atoms with E-state index in [2.05, 4.69) is 0 Å². The second-order valence-electron chi connectivity index (χ2n) is 3.57. The normalized spacial score (nSPS) is 10.2. The SMILES string of the molecule is O=C(O)c1sccc1OCCOc1cccc(Cl)c1. The standard InChI is InChI=1S/C13H11ClO4S/c14-9-2-1-3-10(8-9)17-5-6-18-11-4-7-19-12(11)13(15)16/h1-4,7-8H,5-6H2,(H,15,16). The Hall–Kier alpha value is -1.72. The Morgan fingerprint density at radius 2 is 2.05 bits per heavy atom. The van der Waals surface area contributed by atoms with Gasteiger partial charge in [-0.2, -0.15) is 0 Å². The molecule has 2 aromatic rings. The van der Waals surface area contributed by atoms with E-state index in [1.54, 1.807) is 35.7 Å². The molecule has 0 saturated carbocycles. The zero-order valence-corrected chi connectivity index (χ0v) is 11.4. The molecule has 1 aromatic carbocycles. The van der Waals surface area contributed by atoms with Crippen molar-refractivity contribution in [2.45, 2.75) is 0 Å². The highest BCUT2D eigenvalue weighted by atomic mass is 35.5. The predicted molar refractivity (Wildman–Crippen MR) is 73.7 cm³/mol. The van der Waals surface area contributed by atoms with E-state index < -0.39 is 5.97 Å². The number of carboxylic acids is 1. The van der Waals surface area contributed by atoms with Gasteiger partial charge < -0.3 is 14.6 Å². The Labute approximate surface area is 119 Å². The zero-order valence-electron chi connectivity index (χ0n) is 9.84. The lowest BCUT2D eigenvalue weighted by atomic mass is 10.3. The molecule has 0 atom stereocenters. The molecule has 1 heterocycles. The summed E-state index contributed by atoms with van der Waals surface area (Å²) in [6.45, 7) is 0.582. The van der Waals surface area contributed by atoms with Crippen LogP contribution in [0.5, 0.6) is 11.5 Å². The Morgan fingerprint density at radius 1 is 1.26 bits per heavy atom. The summed E-state index contributed by atoms with van der Waals surface area (Å²) in [4.78, 5) is 11.1. The van der Waals surface area contributed by atoms with E-state index in [1.807, 2.05) is 0 Å². The third kappa shape index (κ3) is 3.87. The van der Waals surface area contributed by atoms with Gasteiger partial charge in [0.15, 0.2) is 4.88 Å². The number of rotatable bonds is 6. The van der Waals surface area contributed by atoms with Crippen molar-refractivity contribution in [1.82, 2.24) is 0 Å². The summed E-state index contributed by atoms with van der Waals surface area (Å²) >= 11 is 6.95. The summed E-state index contributed by atoms with van der Waals surface area (Å²) in [6.07, 6.45) is 0. The molecule has 0 aliphatic heterocycles. The van der Waals surface area contributed by atoms with Crippen molar-refractivity contribution in [3.8, 4) is 11.5 Å². The van der Waals surface area contributed by atoms with Gasteiger partial charge in [-0.25, -0.2) is 4.79 Å². The second kappa shape index (κ2) is 6.45. The fourth-order valence-electron chi connectivity index (χ4n) is 1.44. The molecule has 0 aliphatic rings. The van der Waals surface area contributed by atoms with Gasteiger partial charge in [-0.15, -0.1) is 11.3 Å². The number of hydrogen-bond donors (Lipinski definition) is 1. The number of ether oxygens (including phenoxy) is 2. The van der Waals surface area contributed by atoms with Gasteiger partial charge in [-0.05, 0) is 29.6 Å². The number of carboxylic acid groups (broad SMARTS) is 1. The molecule has 0 bridgehead atoms. The molecule has 4 nitrogen and oxygen atoms in total. The first-order valence-corrected chi connectivity index (χ1v) is 6.74. The molecule has 0 aliphatic carbocycles. The summed E-state index contributed by atoms with van der Waals surface area (Å²) in [5.74, 6) is 0.0350. The molecule has 2 rings (SSSR count). The van der Waals surface area contributed by atoms with Gasteiger partial charge in [0.2, 0.25) is 0 Å². The summed E-state index contributed by atoms with van der Waals surface area (Å²) in [7, 11) is 0. The number of halogens is 1. The minimum atomic E-state index is -0.985. The first kappa shape index (κ1) is 13.7. The van der Waals surface area contributed by atoms with Crippen molar-refractivity contribution in [3.05, 3.63) is 45.6 Å². The molecule has 6 heteroatoms. The lowest BCUT2D eigenvalue weighted by Gasteiger charge is -2.08. The third-order valence-corrected chi connectivity index (χ3v) is 3.35. The maximum absolute atomic E-state index is 10.9. The van der Waals surface area contributed by atoms with Gasteiger partial charge in [-0.1, -0.05) is 17.7 Å². The van der Waals surface area contributed by atoms with Crippen LogP contribution in [0.2, 0.25) is 5.02 Å². The summed E-state index contributed by atoms with van der Waals surface area (Å²) in [5.41, 5.74) is 0. The van der Waals surface area contributed by atoms with Crippen molar-refractivity contribution >= 4 is 28.9 Å². The summed E-state index contributed by atoms with van der Waals surface area (Å²) in [5, 5.41) is 11.2. The van der Waals surface area contributed by atoms with Gasteiger partial charge >= 0.3 is 5.97 Å². The Balaban J connectivity index is 1.81. The van der Waals surface area contributed by atoms with Gasteiger partial charge in [-0.3, -0.25) is 0 Å². The van der Waals surface area contributed by atoms with E-state index in [0.717, 1.165) is 11.3 Å². The Morgan fingerprint density at radius 3 is 2.79 bits per heavy atom. The fraction of sp³-hybridized carbons (Fsp3) is 0.154. The lowest BCUT2D eigenvalue weighted by Crippen LogP contribution is -2.10. The topological polar surface area (TPSA) is 55.8 Å². The van der Waals surface area contributed by atoms with Crippen LogP contribution in [0.15, 0.2) is 35.7 Å². The zero-order chi connectivity index (χ0) is 13.7. The Kier molecular flexibility index (Phi) is 4.65. The van der Waals surface area contributed by atoms with Crippen molar-refractivity contribution in [3.63, 3.8) is 0 Å². The molecule has 0 fully saturated rings. The van der Waals surface area contributed by atoms with Gasteiger partial charge in [0.05, 0.1) is 0 Å². The van der Waals surface area contributed by atoms with Crippen molar-refractivity contribution < 1.29 is 19.4 Å². The quantitative estimate of drug-likeness (QED) is 0.829. The fourth-order valence-corrected chi connectivity index (χ4v) is 2.29. The minimum Gasteiger partial charge on any atom is -0.490 e. The van der Waals surface area contributed by atoms with Crippen LogP contribution in [0.3, 0.4) is 0 Å². The molecule has 19 heavy (non-hydrogen) atoms. The first-order chi connectivity index (χ1) is 9.16. The molecule has 0 amide bonds. The molecule has 0 spiro atoms. The number of benzene rings is 1. The van der Waals surface area contributed by atoms with Crippen LogP contribution in [-0.2, 0) is 0 Å². The molecule has 0 radical (unpaired) electrons. The van der Waals surface area contributed by atoms with Gasteiger partial charge in [0, 0.05) is 5.02 Å². The predicted octanol–water partition coefficient (Wildman–Crippen LogP) is 3.56. The minimum absolute atomic E-state index is 0.197. The molecular weight excluding hydrogens is 288 g/mol. The molecule has 0 unspecified atom stereocenters. The third-order valence-electron chi connectivity index (χ3n) is 2.23. The lowest BCUT2D eigenvalue weighted by molar-refractivity contribution is 0.0697. The second-order valence-corrected chi connectivity index (χ2v) is 4.93. The van der Waals surface area contributed by atoms with E-state index in [4.69, 9.17) is 26.2 Å². The molecular formula is C13H11ClO4S. The maximum Gasteiger partial charge on any atom is 0.349 e. The number of hydrogen-bond acceptors (Lipinski definition) is 4. The molecule has 100 valence electrons. The highest BCUT2D eigenvalue weighted by Crippen LogP contribution is 2.24. The molecule has 1 aromatic heterocycles. The van der Waals surface area contributed by atoms with Crippen molar-refractivity contribution in [2.24, 2.45) is 0 Å². The van der Waals surface area contributed by atoms with Gasteiger partial charge in [0.1, 0.15) is 24.7 Å². The van der Waals surface area contributed by atoms with Crippen molar-refractivity contribution in [2.75, 3.05) is 13.2 Å². The van der Waals surface area contributed by atoms with Crippen LogP contribution in [0, 0.1) is 0 Å². The van der Waals surface area contributed by atoms with Crippen LogP contribution in [0.4, 0.5) is 0 Å². The van der Waals surface area contributed by atoms with Crippen LogP contribution >= 0.6 is 22.9 Å². The Bertz CT molecular complexity index is 567. The van der Waals surface area contributed by atoms with Crippen LogP contribution in [-0.4, -0.2) is 24.3 Å². The highest BCUT2D eigenvalue weighted by molar-refractivity contribution is 7.12. The van der Waals surface area contributed by atoms with Crippen LogP contribution in [0.1, 0.15) is 9.67 Å². The average molecular weight is 299 g/mol. The van der Waals surface area contributed by atoms with Gasteiger partial charge in [0.25, 0.3) is 0 Å². The number of aromatic carboxylic acids is 1. The van der Waals surface area contributed by atoms with E-state index in [0.29, 0.717) is 23.1 Å².